The average molecular weight is 367 g/mol. The van der Waals surface area contributed by atoms with Crippen LogP contribution in [0.4, 0.5) is 0 Å². The third-order valence-electron chi connectivity index (χ3n) is 5.31. The van der Waals surface area contributed by atoms with E-state index < -0.39 is 0 Å². The first-order valence-electron chi connectivity index (χ1n) is 10.2. The lowest BCUT2D eigenvalue weighted by molar-refractivity contribution is 1.09. The molecular formula is C26H26N2. The van der Waals surface area contributed by atoms with Crippen LogP contribution in [0.1, 0.15) is 50.9 Å². The molecule has 0 saturated carbocycles. The van der Waals surface area contributed by atoms with Gasteiger partial charge in [0.1, 0.15) is 0 Å². The van der Waals surface area contributed by atoms with Gasteiger partial charge >= 0.3 is 0 Å². The molecule has 0 saturated heterocycles. The molecular weight excluding hydrogens is 340 g/mol. The smallest absolute Gasteiger partial charge is 0.0897 e. The SMILES string of the molecule is CCC1=CCC(=Cc2nc3ccccc3nc2C=C2C=CC(CC)=CC2)C=C1. The van der Waals surface area contributed by atoms with E-state index >= 15 is 0 Å². The number of hydrogen-bond donors (Lipinski definition) is 0. The molecule has 1 aromatic heterocycles. The normalized spacial score (nSPS) is 19.4. The monoisotopic (exact) mass is 366 g/mol. The van der Waals surface area contributed by atoms with Gasteiger partial charge in [0, 0.05) is 0 Å². The molecule has 140 valence electrons. The highest BCUT2D eigenvalue weighted by molar-refractivity contribution is 5.79. The van der Waals surface area contributed by atoms with Gasteiger partial charge in [-0.2, -0.15) is 0 Å². The van der Waals surface area contributed by atoms with E-state index in [2.05, 4.69) is 62.5 Å². The van der Waals surface area contributed by atoms with E-state index in [1.54, 1.807) is 0 Å². The molecule has 1 aromatic carbocycles. The fourth-order valence-corrected chi connectivity index (χ4v) is 3.53. The Balaban J connectivity index is 1.74. The van der Waals surface area contributed by atoms with Crippen molar-refractivity contribution in [3.05, 3.63) is 94.4 Å². The van der Waals surface area contributed by atoms with Gasteiger partial charge < -0.3 is 0 Å². The molecule has 2 heteroatoms. The van der Waals surface area contributed by atoms with Crippen molar-refractivity contribution in [1.82, 2.24) is 9.97 Å². The number of rotatable bonds is 4. The number of allylic oxidation sites excluding steroid dienone is 10. The fraction of sp³-hybridized carbons (Fsp3) is 0.231. The summed E-state index contributed by atoms with van der Waals surface area (Å²) in [4.78, 5) is 9.86. The fourth-order valence-electron chi connectivity index (χ4n) is 3.53. The summed E-state index contributed by atoms with van der Waals surface area (Å²) in [5.41, 5.74) is 9.10. The molecule has 1 heterocycles. The van der Waals surface area contributed by atoms with Crippen molar-refractivity contribution in [2.45, 2.75) is 39.5 Å². The van der Waals surface area contributed by atoms with Crippen LogP contribution in [0.5, 0.6) is 0 Å². The van der Waals surface area contributed by atoms with Gasteiger partial charge in [0.2, 0.25) is 0 Å². The summed E-state index contributed by atoms with van der Waals surface area (Å²) in [6, 6.07) is 8.10. The summed E-state index contributed by atoms with van der Waals surface area (Å²) in [5, 5.41) is 0. The summed E-state index contributed by atoms with van der Waals surface area (Å²) in [6.07, 6.45) is 21.9. The summed E-state index contributed by atoms with van der Waals surface area (Å²) in [7, 11) is 0. The van der Waals surface area contributed by atoms with E-state index in [0.717, 1.165) is 48.1 Å². The highest BCUT2D eigenvalue weighted by Gasteiger charge is 2.09. The van der Waals surface area contributed by atoms with Crippen LogP contribution in [0, 0.1) is 0 Å². The number of nitrogens with zero attached hydrogens (tertiary/aromatic N) is 2. The predicted octanol–water partition coefficient (Wildman–Crippen LogP) is 6.99. The third kappa shape index (κ3) is 4.12. The van der Waals surface area contributed by atoms with Crippen LogP contribution in [-0.4, -0.2) is 9.97 Å². The van der Waals surface area contributed by atoms with Crippen LogP contribution >= 0.6 is 0 Å². The Bertz CT molecular complexity index is 988. The van der Waals surface area contributed by atoms with Crippen LogP contribution in [0.25, 0.3) is 23.2 Å². The molecule has 28 heavy (non-hydrogen) atoms. The Morgan fingerprint density at radius 3 is 1.54 bits per heavy atom. The van der Waals surface area contributed by atoms with Crippen LogP contribution < -0.4 is 0 Å². The highest BCUT2D eigenvalue weighted by Crippen LogP contribution is 2.25. The Kier molecular flexibility index (Phi) is 5.48. The third-order valence-corrected chi connectivity index (χ3v) is 5.31. The zero-order chi connectivity index (χ0) is 19.3. The second-order valence-corrected chi connectivity index (χ2v) is 7.26. The molecule has 0 fully saturated rings. The quantitative estimate of drug-likeness (QED) is 0.583. The predicted molar refractivity (Wildman–Crippen MR) is 120 cm³/mol. The Morgan fingerprint density at radius 2 is 1.18 bits per heavy atom. The summed E-state index contributed by atoms with van der Waals surface area (Å²) < 4.78 is 0. The maximum Gasteiger partial charge on any atom is 0.0897 e. The first kappa shape index (κ1) is 18.4. The highest BCUT2D eigenvalue weighted by atomic mass is 14.8. The molecule has 2 aliphatic rings. The van der Waals surface area contributed by atoms with Crippen molar-refractivity contribution in [1.29, 1.82) is 0 Å². The van der Waals surface area contributed by atoms with E-state index in [1.807, 2.05) is 24.3 Å². The van der Waals surface area contributed by atoms with Crippen molar-refractivity contribution in [2.24, 2.45) is 0 Å². The van der Waals surface area contributed by atoms with Crippen LogP contribution in [0.2, 0.25) is 0 Å². The lowest BCUT2D eigenvalue weighted by Gasteiger charge is -2.11. The molecule has 4 rings (SSSR count). The summed E-state index contributed by atoms with van der Waals surface area (Å²) in [6.45, 7) is 4.39. The van der Waals surface area contributed by atoms with Gasteiger partial charge in [0.05, 0.1) is 22.4 Å². The number of para-hydroxylation sites is 2. The second-order valence-electron chi connectivity index (χ2n) is 7.26. The van der Waals surface area contributed by atoms with Crippen LogP contribution in [0.3, 0.4) is 0 Å². The molecule has 0 unspecified atom stereocenters. The molecule has 2 aliphatic carbocycles. The number of hydrogen-bond acceptors (Lipinski definition) is 2. The topological polar surface area (TPSA) is 25.8 Å². The van der Waals surface area contributed by atoms with Crippen LogP contribution in [-0.2, 0) is 0 Å². The lowest BCUT2D eigenvalue weighted by Crippen LogP contribution is -1.97. The molecule has 0 radical (unpaired) electrons. The molecule has 2 aromatic rings. The molecule has 0 amide bonds. The first-order valence-corrected chi connectivity index (χ1v) is 10.2. The molecule has 0 N–H and O–H groups in total. The summed E-state index contributed by atoms with van der Waals surface area (Å²) >= 11 is 0. The standard InChI is InChI=1S/C26H26N2/c1-3-19-9-13-21(14-10-19)17-25-26(18-22-15-11-20(4-2)12-16-22)28-24-8-6-5-7-23(24)27-25/h5-13,15,17-18H,3-4,14,16H2,1-2H3. The Labute approximate surface area is 167 Å². The zero-order valence-corrected chi connectivity index (χ0v) is 16.7. The van der Waals surface area contributed by atoms with Gasteiger partial charge in [-0.1, -0.05) is 73.6 Å². The van der Waals surface area contributed by atoms with Gasteiger partial charge in [0.15, 0.2) is 0 Å². The van der Waals surface area contributed by atoms with E-state index in [4.69, 9.17) is 9.97 Å². The van der Waals surface area contributed by atoms with Crippen molar-refractivity contribution in [2.75, 3.05) is 0 Å². The van der Waals surface area contributed by atoms with Crippen molar-refractivity contribution in [3.8, 4) is 0 Å². The second kappa shape index (κ2) is 8.35. The molecule has 2 nitrogen and oxygen atoms in total. The van der Waals surface area contributed by atoms with Gasteiger partial charge in [-0.05, 0) is 61.1 Å². The van der Waals surface area contributed by atoms with E-state index in [-0.39, 0.29) is 0 Å². The van der Waals surface area contributed by atoms with E-state index in [9.17, 15) is 0 Å². The van der Waals surface area contributed by atoms with Crippen molar-refractivity contribution < 1.29 is 0 Å². The van der Waals surface area contributed by atoms with Gasteiger partial charge in [0.25, 0.3) is 0 Å². The van der Waals surface area contributed by atoms with Crippen molar-refractivity contribution in [3.63, 3.8) is 0 Å². The van der Waals surface area contributed by atoms with Gasteiger partial charge in [-0.3, -0.25) is 0 Å². The van der Waals surface area contributed by atoms with E-state index in [1.165, 1.54) is 22.3 Å². The molecule has 0 bridgehead atoms. The van der Waals surface area contributed by atoms with Gasteiger partial charge in [-0.15, -0.1) is 0 Å². The minimum Gasteiger partial charge on any atom is -0.244 e. The molecule has 0 aliphatic heterocycles. The lowest BCUT2D eigenvalue weighted by atomic mass is 9.98. The minimum absolute atomic E-state index is 0.938. The zero-order valence-electron chi connectivity index (χ0n) is 16.7. The largest absolute Gasteiger partial charge is 0.244 e. The first-order chi connectivity index (χ1) is 13.7. The molecule has 0 spiro atoms. The van der Waals surface area contributed by atoms with E-state index in [0.29, 0.717) is 0 Å². The van der Waals surface area contributed by atoms with Gasteiger partial charge in [-0.25, -0.2) is 9.97 Å². The summed E-state index contributed by atoms with van der Waals surface area (Å²) in [5.74, 6) is 0. The molecule has 0 atom stereocenters. The van der Waals surface area contributed by atoms with Crippen molar-refractivity contribution >= 4 is 23.2 Å². The Morgan fingerprint density at radius 1 is 0.714 bits per heavy atom. The van der Waals surface area contributed by atoms with Crippen LogP contribution in [0.15, 0.2) is 83.0 Å². The average Bonchev–Trinajstić information content (AvgIpc) is 2.75. The number of benzene rings is 1. The number of fused-ring (bicyclic) bond motifs is 1. The number of aromatic nitrogens is 2. The minimum atomic E-state index is 0.938. The Hall–Kier alpha value is -3.00. The maximum absolute atomic E-state index is 4.93. The maximum atomic E-state index is 4.93.